The van der Waals surface area contributed by atoms with E-state index in [1.165, 1.54) is 0 Å². The van der Waals surface area contributed by atoms with Crippen molar-refractivity contribution in [1.82, 2.24) is 9.97 Å². The smallest absolute Gasteiger partial charge is 0.164 e. The largest absolute Gasteiger partial charge is 0.496 e. The van der Waals surface area contributed by atoms with Gasteiger partial charge in [-0.25, -0.2) is 9.97 Å². The second-order valence-corrected chi connectivity index (χ2v) is 5.54. The maximum atomic E-state index is 6.17. The Morgan fingerprint density at radius 1 is 1.21 bits per heavy atom. The summed E-state index contributed by atoms with van der Waals surface area (Å²) < 4.78 is 6.09. The van der Waals surface area contributed by atoms with Crippen LogP contribution < -0.4 is 4.74 Å². The number of para-hydroxylation sites is 1. The molecule has 100 valence electrons. The number of aromatic nitrogens is 2. The molecule has 0 N–H and O–H groups in total. The molecule has 0 radical (unpaired) electrons. The fourth-order valence-electron chi connectivity index (χ4n) is 1.77. The monoisotopic (exact) mass is 340 g/mol. The van der Waals surface area contributed by atoms with Gasteiger partial charge in [0, 0.05) is 0 Å². The van der Waals surface area contributed by atoms with Crippen molar-refractivity contribution in [3.63, 3.8) is 0 Å². The first kappa shape index (κ1) is 14.3. The van der Waals surface area contributed by atoms with E-state index in [1.807, 2.05) is 24.3 Å². The highest BCUT2D eigenvalue weighted by Gasteiger charge is 2.16. The molecule has 2 rings (SSSR count). The molecule has 0 bridgehead atoms. The molecule has 1 aromatic carbocycles. The number of benzene rings is 1. The van der Waals surface area contributed by atoms with Crippen LogP contribution in [0, 0.1) is 0 Å². The fraction of sp³-hybridized carbons (Fsp3) is 0.286. The van der Waals surface area contributed by atoms with Crippen molar-refractivity contribution in [1.29, 1.82) is 0 Å². The summed E-state index contributed by atoms with van der Waals surface area (Å²) in [5, 5.41) is 0.416. The van der Waals surface area contributed by atoms with Crippen molar-refractivity contribution in [2.75, 3.05) is 7.11 Å². The first-order chi connectivity index (χ1) is 9.04. The second-order valence-electron chi connectivity index (χ2n) is 4.39. The van der Waals surface area contributed by atoms with Crippen molar-refractivity contribution in [2.24, 2.45) is 0 Å². The summed E-state index contributed by atoms with van der Waals surface area (Å²) in [7, 11) is 1.63. The quantitative estimate of drug-likeness (QED) is 0.760. The predicted molar refractivity (Wildman–Crippen MR) is 80.8 cm³/mol. The van der Waals surface area contributed by atoms with Crippen molar-refractivity contribution in [3.05, 3.63) is 39.6 Å². The summed E-state index contributed by atoms with van der Waals surface area (Å²) in [6.07, 6.45) is 0. The number of ether oxygens (including phenoxy) is 1. The third kappa shape index (κ3) is 2.90. The first-order valence-electron chi connectivity index (χ1n) is 5.91. The molecule has 1 heterocycles. The van der Waals surface area contributed by atoms with E-state index in [-0.39, 0.29) is 5.92 Å². The van der Waals surface area contributed by atoms with Crippen molar-refractivity contribution in [2.45, 2.75) is 19.8 Å². The normalized spacial score (nSPS) is 10.8. The molecule has 0 fully saturated rings. The number of halogens is 2. The van der Waals surface area contributed by atoms with Crippen molar-refractivity contribution < 1.29 is 4.74 Å². The van der Waals surface area contributed by atoms with Crippen LogP contribution in [0.15, 0.2) is 28.7 Å². The topological polar surface area (TPSA) is 35.0 Å². The lowest BCUT2D eigenvalue weighted by Gasteiger charge is -2.12. The highest BCUT2D eigenvalue weighted by Crippen LogP contribution is 2.33. The van der Waals surface area contributed by atoms with Gasteiger partial charge in [0.15, 0.2) is 5.82 Å². The molecule has 19 heavy (non-hydrogen) atoms. The van der Waals surface area contributed by atoms with Crippen LogP contribution in [0.3, 0.4) is 0 Å². The molecule has 0 aliphatic carbocycles. The van der Waals surface area contributed by atoms with Gasteiger partial charge in [-0.1, -0.05) is 37.6 Å². The first-order valence-corrected chi connectivity index (χ1v) is 7.08. The molecule has 0 atom stereocenters. The molecule has 0 amide bonds. The molecular weight excluding hydrogens is 328 g/mol. The highest BCUT2D eigenvalue weighted by atomic mass is 79.9. The number of hydrogen-bond donors (Lipinski definition) is 0. The number of nitrogens with zero attached hydrogens (tertiary/aromatic N) is 2. The molecule has 3 nitrogen and oxygen atoms in total. The lowest BCUT2D eigenvalue weighted by Crippen LogP contribution is -2.01. The summed E-state index contributed by atoms with van der Waals surface area (Å²) in [6.45, 7) is 4.13. The van der Waals surface area contributed by atoms with Crippen LogP contribution in [0.1, 0.15) is 25.5 Å². The predicted octanol–water partition coefficient (Wildman–Crippen LogP) is 4.69. The summed E-state index contributed by atoms with van der Waals surface area (Å²) in [4.78, 5) is 8.91. The van der Waals surface area contributed by atoms with E-state index < -0.39 is 0 Å². The number of hydrogen-bond acceptors (Lipinski definition) is 3. The molecule has 0 spiro atoms. The van der Waals surface area contributed by atoms with Crippen LogP contribution in [0.2, 0.25) is 5.15 Å². The highest BCUT2D eigenvalue weighted by molar-refractivity contribution is 9.10. The minimum Gasteiger partial charge on any atom is -0.496 e. The third-order valence-electron chi connectivity index (χ3n) is 2.73. The van der Waals surface area contributed by atoms with E-state index in [2.05, 4.69) is 39.7 Å². The standard InChI is InChI=1S/C14H14BrClN2O/c1-8(2)12-11(15)13(16)18-14(17-12)9-6-4-5-7-10(9)19-3/h4-8H,1-3H3. The van der Waals surface area contributed by atoms with Gasteiger partial charge in [0.25, 0.3) is 0 Å². The van der Waals surface area contributed by atoms with Gasteiger partial charge < -0.3 is 4.74 Å². The Hall–Kier alpha value is -1.13. The lowest BCUT2D eigenvalue weighted by molar-refractivity contribution is 0.416. The molecule has 5 heteroatoms. The molecule has 0 saturated heterocycles. The summed E-state index contributed by atoms with van der Waals surface area (Å²) in [5.74, 6) is 1.56. The van der Waals surface area contributed by atoms with Gasteiger partial charge in [-0.05, 0) is 34.0 Å². The van der Waals surface area contributed by atoms with Gasteiger partial charge in [0.1, 0.15) is 10.9 Å². The minimum absolute atomic E-state index is 0.253. The van der Waals surface area contributed by atoms with Crippen LogP contribution in [0.25, 0.3) is 11.4 Å². The van der Waals surface area contributed by atoms with E-state index in [0.717, 1.165) is 21.5 Å². The minimum atomic E-state index is 0.253. The molecular formula is C14H14BrClN2O. The van der Waals surface area contributed by atoms with Crippen LogP contribution in [-0.2, 0) is 0 Å². The van der Waals surface area contributed by atoms with Gasteiger partial charge in [0.2, 0.25) is 0 Å². The van der Waals surface area contributed by atoms with Gasteiger partial charge in [-0.2, -0.15) is 0 Å². The lowest BCUT2D eigenvalue weighted by atomic mass is 10.1. The van der Waals surface area contributed by atoms with Gasteiger partial charge in [-0.15, -0.1) is 0 Å². The van der Waals surface area contributed by atoms with E-state index in [9.17, 15) is 0 Å². The fourth-order valence-corrected chi connectivity index (χ4v) is 2.58. The second kappa shape index (κ2) is 5.88. The number of rotatable bonds is 3. The van der Waals surface area contributed by atoms with E-state index in [4.69, 9.17) is 16.3 Å². The van der Waals surface area contributed by atoms with E-state index >= 15 is 0 Å². The zero-order chi connectivity index (χ0) is 14.0. The zero-order valence-corrected chi connectivity index (χ0v) is 13.3. The van der Waals surface area contributed by atoms with Crippen LogP contribution >= 0.6 is 27.5 Å². The average Bonchev–Trinajstić information content (AvgIpc) is 2.41. The Morgan fingerprint density at radius 3 is 2.53 bits per heavy atom. The van der Waals surface area contributed by atoms with Crippen LogP contribution in [-0.4, -0.2) is 17.1 Å². The van der Waals surface area contributed by atoms with Crippen molar-refractivity contribution >= 4 is 27.5 Å². The van der Waals surface area contributed by atoms with Gasteiger partial charge in [0.05, 0.1) is 22.8 Å². The molecule has 2 aromatic rings. The van der Waals surface area contributed by atoms with Gasteiger partial charge in [-0.3, -0.25) is 0 Å². The van der Waals surface area contributed by atoms with Gasteiger partial charge >= 0.3 is 0 Å². The molecule has 0 aliphatic rings. The Morgan fingerprint density at radius 2 is 1.89 bits per heavy atom. The SMILES string of the molecule is COc1ccccc1-c1nc(Cl)c(Br)c(C(C)C)n1. The average molecular weight is 342 g/mol. The van der Waals surface area contributed by atoms with E-state index in [0.29, 0.717) is 11.0 Å². The summed E-state index contributed by atoms with van der Waals surface area (Å²) >= 11 is 9.60. The van der Waals surface area contributed by atoms with Crippen LogP contribution in [0.4, 0.5) is 0 Å². The van der Waals surface area contributed by atoms with Crippen LogP contribution in [0.5, 0.6) is 5.75 Å². The maximum absolute atomic E-state index is 6.17. The zero-order valence-electron chi connectivity index (χ0n) is 10.9. The Labute approximate surface area is 126 Å². The summed E-state index contributed by atoms with van der Waals surface area (Å²) in [5.41, 5.74) is 1.72. The third-order valence-corrected chi connectivity index (χ3v) is 4.01. The molecule has 0 unspecified atom stereocenters. The Kier molecular flexibility index (Phi) is 4.42. The molecule has 0 aliphatic heterocycles. The van der Waals surface area contributed by atoms with E-state index in [1.54, 1.807) is 7.11 Å². The maximum Gasteiger partial charge on any atom is 0.164 e. The Bertz CT molecular complexity index is 602. The summed E-state index contributed by atoms with van der Waals surface area (Å²) in [6, 6.07) is 7.63. The van der Waals surface area contributed by atoms with Crippen molar-refractivity contribution in [3.8, 4) is 17.1 Å². The Balaban J connectivity index is 2.63. The molecule has 0 saturated carbocycles. The molecule has 1 aromatic heterocycles. The number of methoxy groups -OCH3 is 1.